The second kappa shape index (κ2) is 5.48. The number of pyridine rings is 1. The van der Waals surface area contributed by atoms with Crippen LogP contribution in [0.25, 0.3) is 10.9 Å². The minimum Gasteiger partial charge on any atom is -0.368 e. The summed E-state index contributed by atoms with van der Waals surface area (Å²) in [5, 5.41) is 3.50. The molecule has 0 aliphatic heterocycles. The fourth-order valence-corrected chi connectivity index (χ4v) is 1.90. The number of nitrogens with two attached hydrogens (primary N) is 1. The summed E-state index contributed by atoms with van der Waals surface area (Å²) in [6, 6.07) is 8.37. The number of aromatic nitrogens is 1. The van der Waals surface area contributed by atoms with Crippen molar-refractivity contribution in [2.24, 2.45) is 5.73 Å². The summed E-state index contributed by atoms with van der Waals surface area (Å²) in [4.78, 5) is 27.5. The molecule has 0 spiro atoms. The van der Waals surface area contributed by atoms with Gasteiger partial charge in [0.05, 0.1) is 11.1 Å². The molecule has 98 valence electrons. The fourth-order valence-electron chi connectivity index (χ4n) is 1.90. The molecule has 19 heavy (non-hydrogen) atoms. The maximum Gasteiger partial charge on any atom is 0.254 e. The van der Waals surface area contributed by atoms with Crippen molar-refractivity contribution in [3.63, 3.8) is 0 Å². The van der Waals surface area contributed by atoms with Crippen LogP contribution in [0.4, 0.5) is 0 Å². The molecular formula is C14H15N3O2. The SMILES string of the molecule is CC[C@H](NC(=O)c1cccc2cccnc12)C(N)=O. The molecule has 0 radical (unpaired) electrons. The van der Waals surface area contributed by atoms with E-state index in [1.165, 1.54) is 0 Å². The molecule has 0 fully saturated rings. The van der Waals surface area contributed by atoms with Crippen LogP contribution in [0.1, 0.15) is 23.7 Å². The van der Waals surface area contributed by atoms with Gasteiger partial charge >= 0.3 is 0 Å². The first-order valence-corrected chi connectivity index (χ1v) is 6.07. The fraction of sp³-hybridized carbons (Fsp3) is 0.214. The van der Waals surface area contributed by atoms with Crippen LogP contribution >= 0.6 is 0 Å². The third-order valence-electron chi connectivity index (χ3n) is 2.93. The smallest absolute Gasteiger partial charge is 0.254 e. The Labute approximate surface area is 110 Å². The van der Waals surface area contributed by atoms with Crippen LogP contribution in [0, 0.1) is 0 Å². The van der Waals surface area contributed by atoms with E-state index in [0.29, 0.717) is 17.5 Å². The number of carbonyl (C=O) groups is 2. The number of nitrogens with one attached hydrogen (secondary N) is 1. The number of hydrogen-bond donors (Lipinski definition) is 2. The van der Waals surface area contributed by atoms with E-state index < -0.39 is 11.9 Å². The number of para-hydroxylation sites is 1. The average molecular weight is 257 g/mol. The quantitative estimate of drug-likeness (QED) is 0.863. The van der Waals surface area contributed by atoms with E-state index >= 15 is 0 Å². The van der Waals surface area contributed by atoms with E-state index in [9.17, 15) is 9.59 Å². The Morgan fingerprint density at radius 1 is 1.32 bits per heavy atom. The summed E-state index contributed by atoms with van der Waals surface area (Å²) in [5.74, 6) is -0.876. The molecule has 1 heterocycles. The second-order valence-corrected chi connectivity index (χ2v) is 4.22. The maximum atomic E-state index is 12.2. The molecule has 0 bridgehead atoms. The average Bonchev–Trinajstić information content (AvgIpc) is 2.43. The Balaban J connectivity index is 2.34. The maximum absolute atomic E-state index is 12.2. The third kappa shape index (κ3) is 2.70. The van der Waals surface area contributed by atoms with Gasteiger partial charge in [-0.15, -0.1) is 0 Å². The summed E-state index contributed by atoms with van der Waals surface area (Å²) >= 11 is 0. The predicted molar refractivity (Wildman–Crippen MR) is 72.5 cm³/mol. The number of hydrogen-bond acceptors (Lipinski definition) is 3. The van der Waals surface area contributed by atoms with E-state index in [1.54, 1.807) is 25.3 Å². The second-order valence-electron chi connectivity index (χ2n) is 4.22. The van der Waals surface area contributed by atoms with Crippen LogP contribution in [0.5, 0.6) is 0 Å². The Bertz CT molecular complexity index is 620. The monoisotopic (exact) mass is 257 g/mol. The topological polar surface area (TPSA) is 85.1 Å². The van der Waals surface area contributed by atoms with Crippen molar-refractivity contribution >= 4 is 22.7 Å². The van der Waals surface area contributed by atoms with E-state index in [4.69, 9.17) is 5.73 Å². The third-order valence-corrected chi connectivity index (χ3v) is 2.93. The van der Waals surface area contributed by atoms with Crippen molar-refractivity contribution in [2.45, 2.75) is 19.4 Å². The highest BCUT2D eigenvalue weighted by Gasteiger charge is 2.18. The lowest BCUT2D eigenvalue weighted by atomic mass is 10.1. The largest absolute Gasteiger partial charge is 0.368 e. The van der Waals surface area contributed by atoms with E-state index in [2.05, 4.69) is 10.3 Å². The van der Waals surface area contributed by atoms with Gasteiger partial charge in [0.2, 0.25) is 5.91 Å². The van der Waals surface area contributed by atoms with E-state index in [0.717, 1.165) is 5.39 Å². The molecule has 0 saturated heterocycles. The lowest BCUT2D eigenvalue weighted by molar-refractivity contribution is -0.119. The van der Waals surface area contributed by atoms with Crippen LogP contribution in [0.2, 0.25) is 0 Å². The van der Waals surface area contributed by atoms with Crippen molar-refractivity contribution < 1.29 is 9.59 Å². The van der Waals surface area contributed by atoms with Crippen LogP contribution in [0.15, 0.2) is 36.5 Å². The van der Waals surface area contributed by atoms with Crippen molar-refractivity contribution in [3.05, 3.63) is 42.1 Å². The van der Waals surface area contributed by atoms with Crippen LogP contribution in [-0.4, -0.2) is 22.8 Å². The molecule has 5 heteroatoms. The van der Waals surface area contributed by atoms with Gasteiger partial charge in [-0.2, -0.15) is 0 Å². The molecule has 1 atom stereocenters. The van der Waals surface area contributed by atoms with Crippen molar-refractivity contribution in [1.29, 1.82) is 0 Å². The van der Waals surface area contributed by atoms with Gasteiger partial charge in [-0.1, -0.05) is 25.1 Å². The molecular weight excluding hydrogens is 242 g/mol. The highest BCUT2D eigenvalue weighted by atomic mass is 16.2. The molecule has 2 rings (SSSR count). The van der Waals surface area contributed by atoms with Crippen LogP contribution in [-0.2, 0) is 4.79 Å². The zero-order valence-corrected chi connectivity index (χ0v) is 10.6. The Morgan fingerprint density at radius 3 is 2.74 bits per heavy atom. The molecule has 0 aliphatic carbocycles. The molecule has 5 nitrogen and oxygen atoms in total. The first-order valence-electron chi connectivity index (χ1n) is 6.07. The predicted octanol–water partition coefficient (Wildman–Crippen LogP) is 1.23. The molecule has 0 unspecified atom stereocenters. The summed E-state index contributed by atoms with van der Waals surface area (Å²) < 4.78 is 0. The standard InChI is InChI=1S/C14H15N3O2/c1-2-11(13(15)18)17-14(19)10-7-3-5-9-6-4-8-16-12(9)10/h3-8,11H,2H2,1H3,(H2,15,18)(H,17,19)/t11-/m0/s1. The molecule has 0 aliphatic rings. The van der Waals surface area contributed by atoms with Crippen LogP contribution in [0.3, 0.4) is 0 Å². The first kappa shape index (κ1) is 13.0. The number of benzene rings is 1. The number of amides is 2. The molecule has 2 amide bonds. The minimum atomic E-state index is -0.661. The highest BCUT2D eigenvalue weighted by molar-refractivity contribution is 6.06. The normalized spacial score (nSPS) is 12.1. The number of fused-ring (bicyclic) bond motifs is 1. The number of primary amides is 1. The summed E-state index contributed by atoms with van der Waals surface area (Å²) in [5.41, 5.74) is 6.27. The lowest BCUT2D eigenvalue weighted by Crippen LogP contribution is -2.44. The number of rotatable bonds is 4. The molecule has 1 aromatic heterocycles. The van der Waals surface area contributed by atoms with Gasteiger partial charge in [-0.3, -0.25) is 14.6 Å². The van der Waals surface area contributed by atoms with Gasteiger partial charge < -0.3 is 11.1 Å². The minimum absolute atomic E-state index is 0.338. The Morgan fingerprint density at radius 2 is 2.05 bits per heavy atom. The van der Waals surface area contributed by atoms with Gasteiger partial charge in [0.25, 0.3) is 5.91 Å². The molecule has 1 aromatic carbocycles. The zero-order chi connectivity index (χ0) is 13.8. The summed E-state index contributed by atoms with van der Waals surface area (Å²) in [7, 11) is 0. The summed E-state index contributed by atoms with van der Waals surface area (Å²) in [6.07, 6.45) is 2.09. The summed E-state index contributed by atoms with van der Waals surface area (Å²) in [6.45, 7) is 1.79. The van der Waals surface area contributed by atoms with Gasteiger partial charge in [-0.25, -0.2) is 0 Å². The van der Waals surface area contributed by atoms with Crippen molar-refractivity contribution in [2.75, 3.05) is 0 Å². The molecule has 0 saturated carbocycles. The van der Waals surface area contributed by atoms with Crippen LogP contribution < -0.4 is 11.1 Å². The lowest BCUT2D eigenvalue weighted by Gasteiger charge is -2.13. The highest BCUT2D eigenvalue weighted by Crippen LogP contribution is 2.15. The zero-order valence-electron chi connectivity index (χ0n) is 10.6. The van der Waals surface area contributed by atoms with E-state index in [1.807, 2.05) is 18.2 Å². The molecule has 3 N–H and O–H groups in total. The van der Waals surface area contributed by atoms with Gasteiger partial charge in [0.1, 0.15) is 6.04 Å². The Kier molecular flexibility index (Phi) is 3.75. The number of nitrogens with zero attached hydrogens (tertiary/aromatic N) is 1. The van der Waals surface area contributed by atoms with Crippen molar-refractivity contribution in [3.8, 4) is 0 Å². The molecule has 2 aromatic rings. The van der Waals surface area contributed by atoms with Gasteiger partial charge in [0, 0.05) is 11.6 Å². The first-order chi connectivity index (χ1) is 9.13. The number of carbonyl (C=O) groups excluding carboxylic acids is 2. The van der Waals surface area contributed by atoms with Gasteiger partial charge in [0.15, 0.2) is 0 Å². The van der Waals surface area contributed by atoms with Gasteiger partial charge in [-0.05, 0) is 18.6 Å². The van der Waals surface area contributed by atoms with Crippen molar-refractivity contribution in [1.82, 2.24) is 10.3 Å². The Hall–Kier alpha value is -2.43. The van der Waals surface area contributed by atoms with E-state index in [-0.39, 0.29) is 5.91 Å².